The van der Waals surface area contributed by atoms with E-state index in [2.05, 4.69) is 15.5 Å². The Morgan fingerprint density at radius 1 is 1.61 bits per heavy atom. The van der Waals surface area contributed by atoms with Gasteiger partial charge in [0.05, 0.1) is 17.3 Å². The van der Waals surface area contributed by atoms with Gasteiger partial charge in [0, 0.05) is 7.05 Å². The number of hydrogen-bond donors (Lipinski definition) is 0. The van der Waals surface area contributed by atoms with Gasteiger partial charge >= 0.3 is 5.97 Å². The Kier molecular flexibility index (Phi) is 3.85. The van der Waals surface area contributed by atoms with E-state index in [9.17, 15) is 13.2 Å². The summed E-state index contributed by atoms with van der Waals surface area (Å²) in [6.45, 7) is 0. The molecule has 1 atom stereocenters. The van der Waals surface area contributed by atoms with Crippen LogP contribution in [0.1, 0.15) is 6.42 Å². The first-order valence-corrected chi connectivity index (χ1v) is 8.02. The number of aromatic nitrogens is 4. The van der Waals surface area contributed by atoms with Crippen LogP contribution < -0.4 is 0 Å². The number of carbonyl (C=O) groups excluding carboxylic acids is 1. The molecule has 2 rings (SSSR count). The molecular weight excluding hydrogens is 280 g/mol. The first-order chi connectivity index (χ1) is 8.46. The van der Waals surface area contributed by atoms with Crippen LogP contribution in [0.15, 0.2) is 5.16 Å². The van der Waals surface area contributed by atoms with Crippen LogP contribution in [-0.4, -0.2) is 58.0 Å². The van der Waals surface area contributed by atoms with Crippen LogP contribution in [0.25, 0.3) is 0 Å². The summed E-state index contributed by atoms with van der Waals surface area (Å²) in [7, 11) is -1.36. The monoisotopic (exact) mass is 292 g/mol. The fourth-order valence-corrected chi connectivity index (χ4v) is 3.76. The minimum Gasteiger partial charge on any atom is -0.461 e. The van der Waals surface area contributed by atoms with Gasteiger partial charge in [-0.15, -0.1) is 5.10 Å². The Hall–Kier alpha value is -1.16. The normalized spacial score (nSPS) is 21.9. The van der Waals surface area contributed by atoms with Crippen molar-refractivity contribution in [3.05, 3.63) is 0 Å². The Labute approximate surface area is 108 Å². The van der Waals surface area contributed by atoms with Crippen molar-refractivity contribution in [3.63, 3.8) is 0 Å². The summed E-state index contributed by atoms with van der Waals surface area (Å²) >= 11 is 1.15. The average Bonchev–Trinajstić information content (AvgIpc) is 2.82. The Morgan fingerprint density at radius 2 is 2.39 bits per heavy atom. The summed E-state index contributed by atoms with van der Waals surface area (Å²) in [4.78, 5) is 11.5. The maximum atomic E-state index is 11.5. The smallest absolute Gasteiger partial charge is 0.316 e. The number of carbonyl (C=O) groups is 1. The third-order valence-corrected chi connectivity index (χ3v) is 5.11. The third-order valence-electron chi connectivity index (χ3n) is 2.39. The molecule has 1 saturated heterocycles. The highest BCUT2D eigenvalue weighted by molar-refractivity contribution is 7.99. The van der Waals surface area contributed by atoms with Crippen LogP contribution in [0.5, 0.6) is 0 Å². The van der Waals surface area contributed by atoms with Crippen molar-refractivity contribution in [1.82, 2.24) is 20.2 Å². The second-order valence-corrected chi connectivity index (χ2v) is 7.06. The zero-order chi connectivity index (χ0) is 13.2. The van der Waals surface area contributed by atoms with Crippen LogP contribution in [-0.2, 0) is 26.4 Å². The number of aryl methyl sites for hydroxylation is 1. The minimum absolute atomic E-state index is 0.0603. The van der Waals surface area contributed by atoms with Gasteiger partial charge in [-0.05, 0) is 16.8 Å². The van der Waals surface area contributed by atoms with Gasteiger partial charge in [-0.2, -0.15) is 0 Å². The highest BCUT2D eigenvalue weighted by Gasteiger charge is 2.30. The fraction of sp³-hybridized carbons (Fsp3) is 0.750. The number of hydrogen-bond acceptors (Lipinski definition) is 8. The minimum atomic E-state index is -3.03. The van der Waals surface area contributed by atoms with E-state index in [-0.39, 0.29) is 17.3 Å². The van der Waals surface area contributed by atoms with Gasteiger partial charge in [-0.1, -0.05) is 11.8 Å². The number of tetrazole rings is 1. The molecule has 0 aromatic carbocycles. The number of rotatable bonds is 4. The molecule has 1 aliphatic heterocycles. The SMILES string of the molecule is Cn1nnnc1SCC(=O)O[C@H]1CCS(=O)(=O)C1. The standard InChI is InChI=1S/C8H12N4O4S2/c1-12-8(9-10-11-12)17-4-7(13)16-6-2-3-18(14,15)5-6/h6H,2-5H2,1H3/t6-/m0/s1. The molecule has 1 aromatic heterocycles. The third kappa shape index (κ3) is 3.42. The molecule has 0 spiro atoms. The van der Waals surface area contributed by atoms with Crippen molar-refractivity contribution in [3.8, 4) is 0 Å². The van der Waals surface area contributed by atoms with Crippen LogP contribution >= 0.6 is 11.8 Å². The highest BCUT2D eigenvalue weighted by Crippen LogP contribution is 2.17. The van der Waals surface area contributed by atoms with Crippen LogP contribution in [0.2, 0.25) is 0 Å². The molecule has 0 saturated carbocycles. The van der Waals surface area contributed by atoms with Crippen molar-refractivity contribution in [2.75, 3.05) is 17.3 Å². The molecule has 1 fully saturated rings. The highest BCUT2D eigenvalue weighted by atomic mass is 32.2. The summed E-state index contributed by atoms with van der Waals surface area (Å²) < 4.78 is 28.9. The van der Waals surface area contributed by atoms with E-state index in [1.54, 1.807) is 7.05 Å². The van der Waals surface area contributed by atoms with E-state index in [1.165, 1.54) is 4.68 Å². The summed E-state index contributed by atoms with van der Waals surface area (Å²) in [6.07, 6.45) is -0.134. The number of esters is 1. The molecule has 0 bridgehead atoms. The fourth-order valence-electron chi connectivity index (χ4n) is 1.54. The lowest BCUT2D eigenvalue weighted by molar-refractivity contribution is -0.144. The van der Waals surface area contributed by atoms with Crippen molar-refractivity contribution >= 4 is 27.6 Å². The molecule has 100 valence electrons. The van der Waals surface area contributed by atoms with Crippen LogP contribution in [0, 0.1) is 0 Å². The zero-order valence-electron chi connectivity index (χ0n) is 9.64. The first-order valence-electron chi connectivity index (χ1n) is 5.21. The largest absolute Gasteiger partial charge is 0.461 e. The molecule has 0 unspecified atom stereocenters. The van der Waals surface area contributed by atoms with Crippen molar-refractivity contribution < 1.29 is 17.9 Å². The van der Waals surface area contributed by atoms with E-state index >= 15 is 0 Å². The second-order valence-electron chi connectivity index (χ2n) is 3.89. The van der Waals surface area contributed by atoms with Gasteiger partial charge < -0.3 is 4.74 Å². The lowest BCUT2D eigenvalue weighted by Gasteiger charge is -2.09. The van der Waals surface area contributed by atoms with Gasteiger partial charge in [-0.25, -0.2) is 13.1 Å². The molecule has 0 aliphatic carbocycles. The molecule has 8 nitrogen and oxygen atoms in total. The van der Waals surface area contributed by atoms with E-state index < -0.39 is 21.9 Å². The van der Waals surface area contributed by atoms with E-state index in [1.807, 2.05) is 0 Å². The van der Waals surface area contributed by atoms with E-state index in [0.717, 1.165) is 11.8 Å². The topological polar surface area (TPSA) is 104 Å². The number of nitrogens with zero attached hydrogens (tertiary/aromatic N) is 4. The summed E-state index contributed by atoms with van der Waals surface area (Å²) in [5, 5.41) is 11.3. The van der Waals surface area contributed by atoms with Gasteiger partial charge in [0.25, 0.3) is 0 Å². The summed E-state index contributed by atoms with van der Waals surface area (Å²) in [5.41, 5.74) is 0. The average molecular weight is 292 g/mol. The molecule has 1 aliphatic rings. The lowest BCUT2D eigenvalue weighted by Crippen LogP contribution is -2.20. The van der Waals surface area contributed by atoms with Crippen LogP contribution in [0.4, 0.5) is 0 Å². The first kappa shape index (κ1) is 13.3. The molecule has 1 aromatic rings. The lowest BCUT2D eigenvalue weighted by atomic mass is 10.3. The molecular formula is C8H12N4O4S2. The Morgan fingerprint density at radius 3 is 2.94 bits per heavy atom. The quantitative estimate of drug-likeness (QED) is 0.516. The molecule has 2 heterocycles. The zero-order valence-corrected chi connectivity index (χ0v) is 11.3. The molecule has 0 amide bonds. The summed E-state index contributed by atoms with van der Waals surface area (Å²) in [5.74, 6) is -0.379. The summed E-state index contributed by atoms with van der Waals surface area (Å²) in [6, 6.07) is 0. The second kappa shape index (κ2) is 5.22. The predicted molar refractivity (Wildman–Crippen MR) is 62.7 cm³/mol. The number of sulfone groups is 1. The van der Waals surface area contributed by atoms with Gasteiger partial charge in [0.15, 0.2) is 9.84 Å². The van der Waals surface area contributed by atoms with Crippen molar-refractivity contribution in [2.24, 2.45) is 7.05 Å². The number of thioether (sulfide) groups is 1. The van der Waals surface area contributed by atoms with Gasteiger partial charge in [0.2, 0.25) is 5.16 Å². The molecule has 10 heteroatoms. The maximum Gasteiger partial charge on any atom is 0.316 e. The van der Waals surface area contributed by atoms with Crippen molar-refractivity contribution in [2.45, 2.75) is 17.7 Å². The molecule has 0 N–H and O–H groups in total. The Bertz CT molecular complexity index is 541. The maximum absolute atomic E-state index is 11.5. The Balaban J connectivity index is 1.78. The molecule has 18 heavy (non-hydrogen) atoms. The van der Waals surface area contributed by atoms with Gasteiger partial charge in [0.1, 0.15) is 6.10 Å². The van der Waals surface area contributed by atoms with Gasteiger partial charge in [-0.3, -0.25) is 4.79 Å². The predicted octanol–water partition coefficient (Wildman–Crippen LogP) is -0.967. The van der Waals surface area contributed by atoms with E-state index in [4.69, 9.17) is 4.74 Å². The number of ether oxygens (including phenoxy) is 1. The van der Waals surface area contributed by atoms with Crippen molar-refractivity contribution in [1.29, 1.82) is 0 Å². The molecule has 0 radical (unpaired) electrons. The van der Waals surface area contributed by atoms with E-state index in [0.29, 0.717) is 11.6 Å². The van der Waals surface area contributed by atoms with Crippen LogP contribution in [0.3, 0.4) is 0 Å².